The third kappa shape index (κ3) is 13.6. The summed E-state index contributed by atoms with van der Waals surface area (Å²) < 4.78 is 34.8. The molecule has 0 aromatic carbocycles. The number of carbonyl (C=O) groups is 2. The Kier molecular flexibility index (Phi) is 23.3. The van der Waals surface area contributed by atoms with Crippen molar-refractivity contribution in [2.45, 2.75) is 109 Å². The van der Waals surface area contributed by atoms with E-state index in [0.29, 0.717) is 25.7 Å². The smallest absolute Gasteiger partial charge is 0.747 e. The summed E-state index contributed by atoms with van der Waals surface area (Å²) in [5.41, 5.74) is -2.24. The summed E-state index contributed by atoms with van der Waals surface area (Å²) in [5.74, 6) is -3.94. The minimum atomic E-state index is -5.40. The molecule has 0 radical (unpaired) electrons. The molecule has 0 aromatic rings. The number of unbranched alkanes of at least 4 members (excludes halogenated alkanes) is 10. The zero-order valence-electron chi connectivity index (χ0n) is 18.9. The fourth-order valence-electron chi connectivity index (χ4n) is 3.76. The standard InChI is InChI=1S/C20H38O7S.Ca.Na/c1-3-5-7-9-11-13-15-20(19(23)24,16-14-12-10-8-6-4-2)17(18(21)22)28(25,26)27;;/h17H,3-16H2,1-2H3,(H,21,22)(H,23,24)(H,25,26,27);;/q;+2;+1/p-3. The van der Waals surface area contributed by atoms with Crippen molar-refractivity contribution in [1.29, 1.82) is 0 Å². The van der Waals surface area contributed by atoms with E-state index in [4.69, 9.17) is 0 Å². The van der Waals surface area contributed by atoms with Crippen LogP contribution in [-0.4, -0.2) is 67.9 Å². The first-order valence-electron chi connectivity index (χ1n) is 10.5. The van der Waals surface area contributed by atoms with Crippen molar-refractivity contribution in [3.05, 3.63) is 0 Å². The maximum absolute atomic E-state index is 11.9. The van der Waals surface area contributed by atoms with E-state index in [9.17, 15) is 32.8 Å². The van der Waals surface area contributed by atoms with E-state index in [-0.39, 0.29) is 80.1 Å². The molecule has 30 heavy (non-hydrogen) atoms. The predicted molar refractivity (Wildman–Crippen MR) is 108 cm³/mol. The Balaban J connectivity index is -0.00000364. The molecule has 1 atom stereocenters. The van der Waals surface area contributed by atoms with Crippen LogP contribution in [0.5, 0.6) is 0 Å². The van der Waals surface area contributed by atoms with Crippen LogP contribution in [0.25, 0.3) is 0 Å². The molecule has 0 saturated heterocycles. The van der Waals surface area contributed by atoms with Gasteiger partial charge in [0.2, 0.25) is 0 Å². The van der Waals surface area contributed by atoms with Crippen molar-refractivity contribution in [1.82, 2.24) is 0 Å². The average molecular weight is 483 g/mol. The Labute approximate surface area is 234 Å². The monoisotopic (exact) mass is 482 g/mol. The van der Waals surface area contributed by atoms with Crippen molar-refractivity contribution >= 4 is 59.8 Å². The Morgan fingerprint density at radius 3 is 1.37 bits per heavy atom. The minimum absolute atomic E-state index is 0. The molecule has 1 unspecified atom stereocenters. The molecule has 0 aliphatic heterocycles. The van der Waals surface area contributed by atoms with Crippen LogP contribution < -0.4 is 39.8 Å². The first-order valence-corrected chi connectivity index (χ1v) is 12.0. The van der Waals surface area contributed by atoms with E-state index in [1.165, 1.54) is 0 Å². The fraction of sp³-hybridized carbons (Fsp3) is 0.900. The van der Waals surface area contributed by atoms with Crippen molar-refractivity contribution in [2.75, 3.05) is 0 Å². The van der Waals surface area contributed by atoms with Crippen LogP contribution >= 0.6 is 0 Å². The van der Waals surface area contributed by atoms with Gasteiger partial charge in [0.15, 0.2) is 0 Å². The van der Waals surface area contributed by atoms with Crippen LogP contribution in [0.15, 0.2) is 0 Å². The molecule has 0 fully saturated rings. The van der Waals surface area contributed by atoms with Crippen LogP contribution in [0.1, 0.15) is 104 Å². The van der Waals surface area contributed by atoms with E-state index in [2.05, 4.69) is 13.8 Å². The Bertz CT molecular complexity index is 554. The van der Waals surface area contributed by atoms with Gasteiger partial charge in [0.25, 0.3) is 0 Å². The van der Waals surface area contributed by atoms with E-state index in [1.807, 2.05) is 0 Å². The SMILES string of the molecule is CCCCCCCCC(CCCCCCCC)(C(=O)[O-])C(C(=O)[O-])S(=O)(=O)[O-].[Ca+2].[Na+]. The quantitative estimate of drug-likeness (QED) is 0.132. The van der Waals surface area contributed by atoms with Gasteiger partial charge in [-0.05, 0) is 12.8 Å². The fourth-order valence-corrected chi connectivity index (χ4v) is 4.88. The molecule has 0 heterocycles. The summed E-state index contributed by atoms with van der Waals surface area (Å²) in [4.78, 5) is 23.4. The van der Waals surface area contributed by atoms with Crippen molar-refractivity contribution in [3.63, 3.8) is 0 Å². The molecule has 166 valence electrons. The van der Waals surface area contributed by atoms with Crippen LogP contribution in [0, 0.1) is 5.41 Å². The van der Waals surface area contributed by atoms with Crippen molar-refractivity contribution in [2.24, 2.45) is 5.41 Å². The minimum Gasteiger partial charge on any atom is -0.747 e. The van der Waals surface area contributed by atoms with E-state index in [1.54, 1.807) is 0 Å². The second-order valence-corrected chi connectivity index (χ2v) is 9.13. The zero-order valence-corrected chi connectivity index (χ0v) is 24.0. The molecule has 0 N–H and O–H groups in total. The molecule has 0 rings (SSSR count). The molecule has 0 spiro atoms. The topological polar surface area (TPSA) is 137 Å². The van der Waals surface area contributed by atoms with Gasteiger partial charge in [-0.3, -0.25) is 0 Å². The van der Waals surface area contributed by atoms with Gasteiger partial charge in [0.1, 0.15) is 10.1 Å². The summed E-state index contributed by atoms with van der Waals surface area (Å²) in [7, 11) is -5.40. The molecular weight excluding hydrogens is 447 g/mol. The number of carboxylic acid groups (broad SMARTS) is 2. The normalized spacial score (nSPS) is 12.5. The predicted octanol–water partition coefficient (Wildman–Crippen LogP) is -1.49. The largest absolute Gasteiger partial charge is 2.00 e. The molecule has 10 heteroatoms. The Hall–Kier alpha value is 1.11. The van der Waals surface area contributed by atoms with Gasteiger partial charge in [-0.1, -0.05) is 90.9 Å². The molecule has 0 aliphatic rings. The second-order valence-electron chi connectivity index (χ2n) is 7.67. The van der Waals surface area contributed by atoms with Crippen molar-refractivity contribution in [3.8, 4) is 0 Å². The molecule has 7 nitrogen and oxygen atoms in total. The first kappa shape index (κ1) is 35.7. The summed E-state index contributed by atoms with van der Waals surface area (Å²) in [6.45, 7) is 4.12. The summed E-state index contributed by atoms with van der Waals surface area (Å²) in [5, 5.41) is 20.8. The number of hydrogen-bond donors (Lipinski definition) is 0. The van der Waals surface area contributed by atoms with E-state index in [0.717, 1.165) is 51.4 Å². The number of rotatable bonds is 18. The second kappa shape index (κ2) is 19.6. The van der Waals surface area contributed by atoms with Gasteiger partial charge in [-0.15, -0.1) is 0 Å². The number of aliphatic carboxylic acids is 2. The number of carbonyl (C=O) groups excluding carboxylic acids is 2. The van der Waals surface area contributed by atoms with Crippen LogP contribution in [0.3, 0.4) is 0 Å². The third-order valence-corrected chi connectivity index (χ3v) is 6.59. The van der Waals surface area contributed by atoms with Gasteiger partial charge >= 0.3 is 67.3 Å². The Morgan fingerprint density at radius 1 is 0.767 bits per heavy atom. The molecular formula is C20H35CaNaO7S. The number of carboxylic acids is 2. The molecule has 0 aromatic heterocycles. The first-order chi connectivity index (χ1) is 13.1. The summed E-state index contributed by atoms with van der Waals surface area (Å²) >= 11 is 0. The van der Waals surface area contributed by atoms with Crippen LogP contribution in [-0.2, 0) is 19.7 Å². The molecule has 0 bridgehead atoms. The Morgan fingerprint density at radius 2 is 1.10 bits per heavy atom. The van der Waals surface area contributed by atoms with E-state index < -0.39 is 32.7 Å². The maximum Gasteiger partial charge on any atom is 2.00 e. The molecule has 0 amide bonds. The van der Waals surface area contributed by atoms with Crippen LogP contribution in [0.2, 0.25) is 0 Å². The number of hydrogen-bond acceptors (Lipinski definition) is 7. The maximum atomic E-state index is 11.9. The van der Waals surface area contributed by atoms with Gasteiger partial charge in [-0.25, -0.2) is 8.42 Å². The van der Waals surface area contributed by atoms with Gasteiger partial charge < -0.3 is 24.4 Å². The van der Waals surface area contributed by atoms with Gasteiger partial charge in [-0.2, -0.15) is 0 Å². The van der Waals surface area contributed by atoms with Crippen molar-refractivity contribution < 1.29 is 62.3 Å². The molecule has 0 saturated carbocycles. The summed E-state index contributed by atoms with van der Waals surface area (Å²) in [6, 6.07) is 0. The van der Waals surface area contributed by atoms with E-state index >= 15 is 0 Å². The third-order valence-electron chi connectivity index (χ3n) is 5.36. The average Bonchev–Trinajstić information content (AvgIpc) is 2.58. The molecule has 0 aliphatic carbocycles. The zero-order chi connectivity index (χ0) is 21.6. The summed E-state index contributed by atoms with van der Waals surface area (Å²) in [6.07, 6.45) is 9.31. The van der Waals surface area contributed by atoms with Gasteiger partial charge in [0, 0.05) is 11.4 Å². The van der Waals surface area contributed by atoms with Crippen LogP contribution in [0.4, 0.5) is 0 Å². The van der Waals surface area contributed by atoms with Gasteiger partial charge in [0.05, 0.1) is 11.2 Å².